The Labute approximate surface area is 144 Å². The highest BCUT2D eigenvalue weighted by molar-refractivity contribution is 6.18. The van der Waals surface area contributed by atoms with Gasteiger partial charge in [0.2, 0.25) is 0 Å². The molecule has 0 radical (unpaired) electrons. The van der Waals surface area contributed by atoms with Crippen molar-refractivity contribution >= 4 is 45.4 Å². The lowest BCUT2D eigenvalue weighted by atomic mass is 9.91. The van der Waals surface area contributed by atoms with Crippen LogP contribution in [0.2, 0.25) is 0 Å². The van der Waals surface area contributed by atoms with Crippen molar-refractivity contribution in [3.05, 3.63) is 58.7 Å². The Morgan fingerprint density at radius 3 is 1.77 bits per heavy atom. The van der Waals surface area contributed by atoms with Crippen LogP contribution in [0.4, 0.5) is 0 Å². The van der Waals surface area contributed by atoms with Gasteiger partial charge in [-0.1, -0.05) is 6.07 Å². The molecule has 0 amide bonds. The maximum atomic E-state index is 11.7. The second-order valence-electron chi connectivity index (χ2n) is 5.53. The highest BCUT2D eigenvalue weighted by Gasteiger charge is 2.27. The second kappa shape index (κ2) is 5.85. The first-order valence-corrected chi connectivity index (χ1v) is 7.18. The van der Waals surface area contributed by atoms with Gasteiger partial charge in [0.15, 0.2) is 0 Å². The summed E-state index contributed by atoms with van der Waals surface area (Å²) in [7, 11) is 0. The van der Waals surface area contributed by atoms with E-state index in [2.05, 4.69) is 0 Å². The van der Waals surface area contributed by atoms with Crippen LogP contribution >= 0.6 is 0 Å². The van der Waals surface area contributed by atoms with Crippen molar-refractivity contribution < 1.29 is 39.6 Å². The molecule has 3 aromatic rings. The van der Waals surface area contributed by atoms with E-state index in [-0.39, 0.29) is 16.3 Å². The van der Waals surface area contributed by atoms with Crippen LogP contribution in [-0.4, -0.2) is 44.3 Å². The van der Waals surface area contributed by atoms with Gasteiger partial charge in [-0.2, -0.15) is 0 Å². The van der Waals surface area contributed by atoms with E-state index in [9.17, 15) is 34.5 Å². The standard InChI is InChI=1S/C18H10O8/c19-15(20)8-2-1-7-3-10-6-12(16(21)22)14(18(25)26)13(17(23)24)11(10)5-9(7)4-8/h1-6H,(H,19,20)(H,21,22)(H,23,24)(H,25,26). The molecule has 0 aromatic heterocycles. The van der Waals surface area contributed by atoms with Crippen molar-refractivity contribution in [2.45, 2.75) is 0 Å². The fraction of sp³-hybridized carbons (Fsp3) is 0. The molecule has 0 bridgehead atoms. The molecule has 0 aliphatic carbocycles. The number of aromatic carboxylic acids is 4. The molecule has 8 heteroatoms. The maximum Gasteiger partial charge on any atom is 0.337 e. The molecule has 0 atom stereocenters. The molecule has 0 saturated heterocycles. The Bertz CT molecular complexity index is 1140. The Balaban J connectivity index is 2.52. The van der Waals surface area contributed by atoms with Crippen molar-refractivity contribution in [3.8, 4) is 0 Å². The number of hydrogen-bond acceptors (Lipinski definition) is 4. The number of carbonyl (C=O) groups is 4. The minimum Gasteiger partial charge on any atom is -0.478 e. The molecular formula is C18H10O8. The summed E-state index contributed by atoms with van der Waals surface area (Å²) in [4.78, 5) is 45.7. The number of fused-ring (bicyclic) bond motifs is 2. The summed E-state index contributed by atoms with van der Waals surface area (Å²) >= 11 is 0. The van der Waals surface area contributed by atoms with Crippen molar-refractivity contribution in [3.63, 3.8) is 0 Å². The topological polar surface area (TPSA) is 149 Å². The molecule has 4 N–H and O–H groups in total. The van der Waals surface area contributed by atoms with Gasteiger partial charge in [0.25, 0.3) is 0 Å². The van der Waals surface area contributed by atoms with Gasteiger partial charge in [-0.05, 0) is 51.9 Å². The molecule has 0 saturated carbocycles. The minimum absolute atomic E-state index is 0.00920. The van der Waals surface area contributed by atoms with E-state index in [4.69, 9.17) is 5.11 Å². The molecule has 130 valence electrons. The Hall–Kier alpha value is -3.94. The molecule has 0 unspecified atom stereocenters. The molecular weight excluding hydrogens is 344 g/mol. The van der Waals surface area contributed by atoms with Crippen molar-refractivity contribution in [1.29, 1.82) is 0 Å². The quantitative estimate of drug-likeness (QED) is 0.522. The van der Waals surface area contributed by atoms with Gasteiger partial charge in [0, 0.05) is 0 Å². The fourth-order valence-corrected chi connectivity index (χ4v) is 2.89. The van der Waals surface area contributed by atoms with Crippen molar-refractivity contribution in [2.75, 3.05) is 0 Å². The van der Waals surface area contributed by atoms with E-state index in [0.717, 1.165) is 6.07 Å². The molecule has 0 aliphatic rings. The average molecular weight is 354 g/mol. The zero-order valence-electron chi connectivity index (χ0n) is 12.9. The van der Waals surface area contributed by atoms with E-state index >= 15 is 0 Å². The van der Waals surface area contributed by atoms with Gasteiger partial charge >= 0.3 is 23.9 Å². The largest absolute Gasteiger partial charge is 0.478 e. The highest BCUT2D eigenvalue weighted by Crippen LogP contribution is 2.31. The monoisotopic (exact) mass is 354 g/mol. The first-order valence-electron chi connectivity index (χ1n) is 7.18. The van der Waals surface area contributed by atoms with Crippen molar-refractivity contribution in [1.82, 2.24) is 0 Å². The van der Waals surface area contributed by atoms with Crippen LogP contribution in [0.25, 0.3) is 21.5 Å². The van der Waals surface area contributed by atoms with Crippen molar-refractivity contribution in [2.24, 2.45) is 0 Å². The number of carboxylic acid groups (broad SMARTS) is 4. The van der Waals surface area contributed by atoms with Gasteiger partial charge in [-0.3, -0.25) is 0 Å². The summed E-state index contributed by atoms with van der Waals surface area (Å²) in [5.41, 5.74) is -2.14. The first kappa shape index (κ1) is 16.9. The van der Waals surface area contributed by atoms with Crippen LogP contribution in [0.1, 0.15) is 41.4 Å². The normalized spacial score (nSPS) is 10.8. The van der Waals surface area contributed by atoms with E-state index in [1.54, 1.807) is 0 Å². The van der Waals surface area contributed by atoms with Gasteiger partial charge in [-0.15, -0.1) is 0 Å². The van der Waals surface area contributed by atoms with Gasteiger partial charge in [0.05, 0.1) is 22.3 Å². The molecule has 26 heavy (non-hydrogen) atoms. The van der Waals surface area contributed by atoms with E-state index < -0.39 is 40.6 Å². The summed E-state index contributed by atoms with van der Waals surface area (Å²) in [6, 6.07) is 8.12. The predicted molar refractivity (Wildman–Crippen MR) is 89.3 cm³/mol. The van der Waals surface area contributed by atoms with Gasteiger partial charge in [-0.25, -0.2) is 19.2 Å². The Morgan fingerprint density at radius 2 is 1.23 bits per heavy atom. The third-order valence-corrected chi connectivity index (χ3v) is 4.00. The van der Waals surface area contributed by atoms with E-state index in [1.165, 1.54) is 30.3 Å². The summed E-state index contributed by atoms with van der Waals surface area (Å²) in [5.74, 6) is -6.00. The SMILES string of the molecule is O=C(O)c1ccc2cc3cc(C(=O)O)c(C(=O)O)c(C(=O)O)c3cc2c1. The number of hydrogen-bond donors (Lipinski definition) is 4. The van der Waals surface area contributed by atoms with Crippen LogP contribution < -0.4 is 0 Å². The maximum absolute atomic E-state index is 11.7. The van der Waals surface area contributed by atoms with Crippen LogP contribution in [0.5, 0.6) is 0 Å². The lowest BCUT2D eigenvalue weighted by molar-refractivity contribution is 0.0634. The summed E-state index contributed by atoms with van der Waals surface area (Å²) < 4.78 is 0. The average Bonchev–Trinajstić information content (AvgIpc) is 2.57. The Kier molecular flexibility index (Phi) is 3.80. The Morgan fingerprint density at radius 1 is 0.577 bits per heavy atom. The van der Waals surface area contributed by atoms with Crippen LogP contribution in [0.3, 0.4) is 0 Å². The molecule has 3 rings (SSSR count). The van der Waals surface area contributed by atoms with E-state index in [0.29, 0.717) is 10.8 Å². The van der Waals surface area contributed by atoms with E-state index in [1.807, 2.05) is 0 Å². The second-order valence-corrected chi connectivity index (χ2v) is 5.53. The summed E-state index contributed by atoms with van der Waals surface area (Å²) in [5, 5.41) is 38.3. The third-order valence-electron chi connectivity index (χ3n) is 4.00. The smallest absolute Gasteiger partial charge is 0.337 e. The first-order chi connectivity index (χ1) is 12.2. The fourth-order valence-electron chi connectivity index (χ4n) is 2.89. The molecule has 0 spiro atoms. The highest BCUT2D eigenvalue weighted by atomic mass is 16.4. The van der Waals surface area contributed by atoms with Gasteiger partial charge in [0.1, 0.15) is 0 Å². The minimum atomic E-state index is -1.68. The molecule has 0 aliphatic heterocycles. The summed E-state index contributed by atoms with van der Waals surface area (Å²) in [6.07, 6.45) is 0. The molecule has 3 aromatic carbocycles. The lowest BCUT2D eigenvalue weighted by Gasteiger charge is -2.12. The molecule has 0 fully saturated rings. The number of benzene rings is 3. The zero-order valence-corrected chi connectivity index (χ0v) is 12.9. The van der Waals surface area contributed by atoms with Crippen LogP contribution in [0, 0.1) is 0 Å². The van der Waals surface area contributed by atoms with Crippen LogP contribution in [-0.2, 0) is 0 Å². The summed E-state index contributed by atoms with van der Waals surface area (Å²) in [6.45, 7) is 0. The number of rotatable bonds is 4. The predicted octanol–water partition coefficient (Wildman–Crippen LogP) is 2.79. The van der Waals surface area contributed by atoms with Gasteiger partial charge < -0.3 is 20.4 Å². The molecule has 8 nitrogen and oxygen atoms in total. The lowest BCUT2D eigenvalue weighted by Crippen LogP contribution is -2.15. The number of carboxylic acids is 4. The zero-order chi connectivity index (χ0) is 19.2. The third kappa shape index (κ3) is 2.59. The molecule has 0 heterocycles. The van der Waals surface area contributed by atoms with Crippen LogP contribution in [0.15, 0.2) is 36.4 Å².